The van der Waals surface area contributed by atoms with Crippen molar-refractivity contribution in [2.45, 2.75) is 43.1 Å². The number of halogens is 1. The van der Waals surface area contributed by atoms with E-state index < -0.39 is 0 Å². The van der Waals surface area contributed by atoms with Gasteiger partial charge in [0.2, 0.25) is 0 Å². The second-order valence-corrected chi connectivity index (χ2v) is 7.24. The summed E-state index contributed by atoms with van der Waals surface area (Å²) in [7, 11) is 0. The van der Waals surface area contributed by atoms with E-state index in [4.69, 9.17) is 11.1 Å². The van der Waals surface area contributed by atoms with Crippen molar-refractivity contribution < 1.29 is 0 Å². The van der Waals surface area contributed by atoms with Gasteiger partial charge in [-0.15, -0.1) is 0 Å². The van der Waals surface area contributed by atoms with Gasteiger partial charge in [-0.05, 0) is 20.3 Å². The minimum atomic E-state index is -0.101. The minimum Gasteiger partial charge on any atom is -0.370 e. The summed E-state index contributed by atoms with van der Waals surface area (Å²) in [5.74, 6) is 0.0423. The van der Waals surface area contributed by atoms with Crippen molar-refractivity contribution in [2.24, 2.45) is 5.73 Å². The fraction of sp³-hybridized carbons (Fsp3) is 0.875. The van der Waals surface area contributed by atoms with Crippen molar-refractivity contribution in [3.63, 3.8) is 0 Å². The molecule has 0 amide bonds. The van der Waals surface area contributed by atoms with Crippen molar-refractivity contribution >= 4 is 28.6 Å². The summed E-state index contributed by atoms with van der Waals surface area (Å²) in [5, 5.41) is 10.1. The molecule has 0 aliphatic carbocycles. The number of guanidine groups is 1. The van der Waals surface area contributed by atoms with Crippen LogP contribution in [-0.4, -0.2) is 14.9 Å². The van der Waals surface area contributed by atoms with Crippen molar-refractivity contribution in [1.82, 2.24) is 5.32 Å². The SMILES string of the molecule is CC(C)(I)CC(C)(C)NC(=N)N. The Morgan fingerprint density at radius 1 is 1.42 bits per heavy atom. The molecule has 0 aliphatic heterocycles. The molecule has 0 saturated heterocycles. The first-order valence-corrected chi connectivity index (χ1v) is 5.01. The van der Waals surface area contributed by atoms with Crippen LogP contribution in [0.5, 0.6) is 0 Å². The van der Waals surface area contributed by atoms with Gasteiger partial charge in [-0.2, -0.15) is 0 Å². The number of rotatable bonds is 3. The molecule has 0 aromatic heterocycles. The molecule has 12 heavy (non-hydrogen) atoms. The van der Waals surface area contributed by atoms with E-state index in [1.54, 1.807) is 0 Å². The van der Waals surface area contributed by atoms with Gasteiger partial charge in [0.25, 0.3) is 0 Å². The Hall–Kier alpha value is 0. The van der Waals surface area contributed by atoms with E-state index in [1.807, 2.05) is 0 Å². The predicted molar refractivity (Wildman–Crippen MR) is 61.8 cm³/mol. The van der Waals surface area contributed by atoms with Gasteiger partial charge in [0.1, 0.15) is 0 Å². The smallest absolute Gasteiger partial charge is 0.186 e. The van der Waals surface area contributed by atoms with Crippen LogP contribution in [0.1, 0.15) is 34.1 Å². The molecular formula is C8H18IN3. The topological polar surface area (TPSA) is 61.9 Å². The van der Waals surface area contributed by atoms with E-state index >= 15 is 0 Å². The molecule has 0 unspecified atom stereocenters. The Morgan fingerprint density at radius 3 is 2.08 bits per heavy atom. The molecule has 0 aromatic carbocycles. The zero-order chi connectivity index (χ0) is 9.99. The van der Waals surface area contributed by atoms with Crippen LogP contribution < -0.4 is 11.1 Å². The second-order valence-electron chi connectivity index (χ2n) is 4.32. The van der Waals surface area contributed by atoms with E-state index in [1.165, 1.54) is 0 Å². The predicted octanol–water partition coefficient (Wildman–Crippen LogP) is 1.85. The van der Waals surface area contributed by atoms with Gasteiger partial charge in [0.15, 0.2) is 5.96 Å². The van der Waals surface area contributed by atoms with Crippen molar-refractivity contribution in [3.05, 3.63) is 0 Å². The lowest BCUT2D eigenvalue weighted by molar-refractivity contribution is 0.391. The van der Waals surface area contributed by atoms with Gasteiger partial charge >= 0.3 is 0 Å². The summed E-state index contributed by atoms with van der Waals surface area (Å²) in [4.78, 5) is 0. The van der Waals surface area contributed by atoms with Gasteiger partial charge in [-0.25, -0.2) is 0 Å². The number of hydrogen-bond acceptors (Lipinski definition) is 1. The maximum absolute atomic E-state index is 7.12. The normalized spacial score (nSPS) is 12.8. The van der Waals surface area contributed by atoms with Crippen LogP contribution in [0.15, 0.2) is 0 Å². The average molecular weight is 283 g/mol. The molecule has 0 aromatic rings. The maximum Gasteiger partial charge on any atom is 0.186 e. The van der Waals surface area contributed by atoms with Crippen LogP contribution in [0.25, 0.3) is 0 Å². The Bertz CT molecular complexity index is 170. The zero-order valence-corrected chi connectivity index (χ0v) is 10.3. The first-order valence-electron chi connectivity index (χ1n) is 3.93. The van der Waals surface area contributed by atoms with Crippen molar-refractivity contribution in [2.75, 3.05) is 0 Å². The quantitative estimate of drug-likeness (QED) is 0.320. The van der Waals surface area contributed by atoms with Crippen LogP contribution in [0.3, 0.4) is 0 Å². The molecule has 0 bridgehead atoms. The fourth-order valence-corrected chi connectivity index (χ4v) is 2.41. The van der Waals surface area contributed by atoms with Crippen LogP contribution >= 0.6 is 22.6 Å². The highest BCUT2D eigenvalue weighted by atomic mass is 127. The van der Waals surface area contributed by atoms with Gasteiger partial charge < -0.3 is 11.1 Å². The molecule has 0 fully saturated rings. The number of alkyl halides is 1. The molecule has 0 aliphatic rings. The summed E-state index contributed by atoms with van der Waals surface area (Å²) in [5.41, 5.74) is 5.17. The molecule has 0 radical (unpaired) electrons. The van der Waals surface area contributed by atoms with E-state index in [0.717, 1.165) is 6.42 Å². The Labute approximate surface area is 88.1 Å². The summed E-state index contributed by atoms with van der Waals surface area (Å²) < 4.78 is 0.226. The molecule has 72 valence electrons. The molecule has 0 heterocycles. The average Bonchev–Trinajstić information content (AvgIpc) is 1.48. The van der Waals surface area contributed by atoms with E-state index in [0.29, 0.717) is 0 Å². The lowest BCUT2D eigenvalue weighted by Crippen LogP contribution is -2.49. The second kappa shape index (κ2) is 3.81. The Kier molecular flexibility index (Phi) is 3.81. The van der Waals surface area contributed by atoms with E-state index in [9.17, 15) is 0 Å². The van der Waals surface area contributed by atoms with Gasteiger partial charge in [0.05, 0.1) is 0 Å². The third-order valence-electron chi connectivity index (χ3n) is 1.34. The highest BCUT2D eigenvalue weighted by Gasteiger charge is 2.26. The largest absolute Gasteiger partial charge is 0.370 e. The molecule has 0 saturated carbocycles. The fourth-order valence-electron chi connectivity index (χ4n) is 1.46. The molecular weight excluding hydrogens is 265 g/mol. The molecule has 4 N–H and O–H groups in total. The summed E-state index contributed by atoms with van der Waals surface area (Å²) in [6.07, 6.45) is 0.972. The first kappa shape index (κ1) is 12.0. The van der Waals surface area contributed by atoms with Crippen molar-refractivity contribution in [1.29, 1.82) is 5.41 Å². The standard InChI is InChI=1S/C8H18IN3/c1-7(2,9)5-8(3,4)12-6(10)11/h5H2,1-4H3,(H4,10,11,12). The third kappa shape index (κ3) is 6.69. The third-order valence-corrected chi connectivity index (χ3v) is 1.72. The Balaban J connectivity index is 4.13. The summed E-state index contributed by atoms with van der Waals surface area (Å²) >= 11 is 2.40. The number of nitrogens with one attached hydrogen (secondary N) is 2. The zero-order valence-electron chi connectivity index (χ0n) is 8.16. The lowest BCUT2D eigenvalue weighted by atomic mass is 9.93. The first-order chi connectivity index (χ1) is 5.12. The number of hydrogen-bond donors (Lipinski definition) is 3. The van der Waals surface area contributed by atoms with Gasteiger partial charge in [0, 0.05) is 8.96 Å². The highest BCUT2D eigenvalue weighted by Crippen LogP contribution is 2.27. The lowest BCUT2D eigenvalue weighted by Gasteiger charge is -2.32. The van der Waals surface area contributed by atoms with E-state index in [2.05, 4.69) is 55.6 Å². The van der Waals surface area contributed by atoms with Crippen LogP contribution in [0, 0.1) is 5.41 Å². The Morgan fingerprint density at radius 2 is 1.83 bits per heavy atom. The summed E-state index contributed by atoms with van der Waals surface area (Å²) in [6, 6.07) is 0. The van der Waals surface area contributed by atoms with Crippen molar-refractivity contribution in [3.8, 4) is 0 Å². The van der Waals surface area contributed by atoms with Crippen LogP contribution in [-0.2, 0) is 0 Å². The summed E-state index contributed by atoms with van der Waals surface area (Å²) in [6.45, 7) is 8.43. The monoisotopic (exact) mass is 283 g/mol. The van der Waals surface area contributed by atoms with E-state index in [-0.39, 0.29) is 14.9 Å². The van der Waals surface area contributed by atoms with Gasteiger partial charge in [-0.1, -0.05) is 36.4 Å². The van der Waals surface area contributed by atoms with Gasteiger partial charge in [-0.3, -0.25) is 5.41 Å². The number of nitrogens with two attached hydrogens (primary N) is 1. The molecule has 0 rings (SSSR count). The molecule has 0 atom stereocenters. The highest BCUT2D eigenvalue weighted by molar-refractivity contribution is 14.1. The molecule has 0 spiro atoms. The molecule has 4 heteroatoms. The van der Waals surface area contributed by atoms with Crippen LogP contribution in [0.2, 0.25) is 0 Å². The van der Waals surface area contributed by atoms with Crippen LogP contribution in [0.4, 0.5) is 0 Å². The molecule has 3 nitrogen and oxygen atoms in total. The minimum absolute atomic E-state index is 0.0423. The maximum atomic E-state index is 7.12.